The van der Waals surface area contributed by atoms with E-state index in [2.05, 4.69) is 16.5 Å². The minimum absolute atomic E-state index is 0. The van der Waals surface area contributed by atoms with Crippen molar-refractivity contribution in [2.45, 2.75) is 19.4 Å². The number of nitriles is 1. The molecule has 1 aliphatic carbocycles. The normalized spacial score (nSPS) is 15.5. The molecule has 2 N–H and O–H groups in total. The summed E-state index contributed by atoms with van der Waals surface area (Å²) in [5.41, 5.74) is 11.4. The molecule has 2 aromatic carbocycles. The highest BCUT2D eigenvalue weighted by molar-refractivity contribution is 14.0. The summed E-state index contributed by atoms with van der Waals surface area (Å²) in [7, 11) is 1.48. The molecule has 3 amide bonds. The van der Waals surface area contributed by atoms with Crippen molar-refractivity contribution >= 4 is 47.3 Å². The van der Waals surface area contributed by atoms with Crippen LogP contribution in [0.2, 0.25) is 0 Å². The summed E-state index contributed by atoms with van der Waals surface area (Å²) in [5.74, 6) is 0.455. The fourth-order valence-corrected chi connectivity index (χ4v) is 3.57. The SMILES string of the molecule is CN1C(=O)CN(Cc2ccc(-c3ccc(NCC4CC4)c(N=N)c3C#N)cc2)C1=O.I. The first-order valence-electron chi connectivity index (χ1n) is 9.85. The van der Waals surface area contributed by atoms with Crippen LogP contribution in [0.5, 0.6) is 0 Å². The topological polar surface area (TPSA) is 113 Å². The third-order valence-electron chi connectivity index (χ3n) is 5.58. The molecule has 8 nitrogen and oxygen atoms in total. The van der Waals surface area contributed by atoms with Crippen molar-refractivity contribution in [3.63, 3.8) is 0 Å². The van der Waals surface area contributed by atoms with Gasteiger partial charge in [-0.15, -0.1) is 24.0 Å². The number of carbonyl (C=O) groups is 2. The summed E-state index contributed by atoms with van der Waals surface area (Å²) in [6.45, 7) is 1.26. The number of anilines is 1. The van der Waals surface area contributed by atoms with Crippen LogP contribution in [-0.4, -0.2) is 41.9 Å². The highest BCUT2D eigenvalue weighted by Gasteiger charge is 2.32. The predicted octanol–water partition coefficient (Wildman–Crippen LogP) is 4.72. The number of carbonyl (C=O) groups excluding carboxylic acids is 2. The standard InChI is InChI=1S/C22H22N6O2.HI/c1-27-20(29)13-28(22(27)30)12-15-4-6-16(7-5-15)17-8-9-19(25-11-14-2-3-14)21(26-24)18(17)10-23;/h4-9,14,24-25H,2-3,11-13H2,1H3;1H. The lowest BCUT2D eigenvalue weighted by molar-refractivity contribution is -0.124. The fourth-order valence-electron chi connectivity index (χ4n) is 3.57. The summed E-state index contributed by atoms with van der Waals surface area (Å²) < 4.78 is 0. The zero-order chi connectivity index (χ0) is 21.3. The maximum Gasteiger partial charge on any atom is 0.327 e. The van der Waals surface area contributed by atoms with Crippen LogP contribution in [0.4, 0.5) is 16.2 Å². The summed E-state index contributed by atoms with van der Waals surface area (Å²) >= 11 is 0. The quantitative estimate of drug-likeness (QED) is 0.307. The highest BCUT2D eigenvalue weighted by atomic mass is 127. The maximum absolute atomic E-state index is 12.1. The van der Waals surface area contributed by atoms with Crippen LogP contribution in [0.3, 0.4) is 0 Å². The first-order chi connectivity index (χ1) is 14.5. The lowest BCUT2D eigenvalue weighted by atomic mass is 9.97. The van der Waals surface area contributed by atoms with Crippen molar-refractivity contribution in [3.05, 3.63) is 47.5 Å². The van der Waals surface area contributed by atoms with Crippen molar-refractivity contribution in [1.29, 1.82) is 10.8 Å². The third kappa shape index (κ3) is 4.69. The molecule has 1 saturated heterocycles. The number of urea groups is 1. The van der Waals surface area contributed by atoms with Crippen LogP contribution < -0.4 is 5.32 Å². The molecule has 9 heteroatoms. The number of amides is 3. The van der Waals surface area contributed by atoms with E-state index in [1.165, 1.54) is 24.8 Å². The van der Waals surface area contributed by atoms with Gasteiger partial charge in [0.2, 0.25) is 5.91 Å². The van der Waals surface area contributed by atoms with Crippen LogP contribution in [0, 0.1) is 22.8 Å². The first kappa shape index (κ1) is 22.7. The Morgan fingerprint density at radius 1 is 1.19 bits per heavy atom. The van der Waals surface area contributed by atoms with Gasteiger partial charge >= 0.3 is 6.03 Å². The minimum atomic E-state index is -0.299. The number of benzene rings is 2. The largest absolute Gasteiger partial charge is 0.383 e. The number of nitrogens with one attached hydrogen (secondary N) is 2. The maximum atomic E-state index is 12.1. The Morgan fingerprint density at radius 2 is 1.90 bits per heavy atom. The highest BCUT2D eigenvalue weighted by Crippen LogP contribution is 2.38. The molecule has 2 aromatic rings. The number of likely N-dealkylation sites (N-methyl/N-ethyl adjacent to an activating group) is 1. The second-order valence-electron chi connectivity index (χ2n) is 7.72. The molecule has 31 heavy (non-hydrogen) atoms. The Morgan fingerprint density at radius 3 is 2.45 bits per heavy atom. The predicted molar refractivity (Wildman–Crippen MR) is 127 cm³/mol. The van der Waals surface area contributed by atoms with Gasteiger partial charge in [-0.1, -0.05) is 30.3 Å². The average Bonchev–Trinajstić information content (AvgIpc) is 3.56. The molecule has 1 aliphatic heterocycles. The summed E-state index contributed by atoms with van der Waals surface area (Å²) in [4.78, 5) is 26.3. The average molecular weight is 530 g/mol. The molecule has 0 bridgehead atoms. The van der Waals surface area contributed by atoms with Crippen molar-refractivity contribution in [3.8, 4) is 17.2 Å². The van der Waals surface area contributed by atoms with E-state index < -0.39 is 0 Å². The fraction of sp³-hybridized carbons (Fsp3) is 0.318. The van der Waals surface area contributed by atoms with Gasteiger partial charge in [0.15, 0.2) is 0 Å². The van der Waals surface area contributed by atoms with Crippen molar-refractivity contribution < 1.29 is 9.59 Å². The summed E-state index contributed by atoms with van der Waals surface area (Å²) in [6.07, 6.45) is 2.42. The zero-order valence-corrected chi connectivity index (χ0v) is 19.4. The van der Waals surface area contributed by atoms with Crippen LogP contribution in [0.15, 0.2) is 41.5 Å². The van der Waals surface area contributed by atoms with Gasteiger partial charge in [0.05, 0.1) is 11.3 Å². The van der Waals surface area contributed by atoms with E-state index in [0.29, 0.717) is 35.0 Å². The van der Waals surface area contributed by atoms with Crippen LogP contribution in [0.25, 0.3) is 11.1 Å². The van der Waals surface area contributed by atoms with Gasteiger partial charge in [0.25, 0.3) is 0 Å². The Kier molecular flexibility index (Phi) is 6.90. The number of hydrogen-bond acceptors (Lipinski definition) is 6. The van der Waals surface area contributed by atoms with Gasteiger partial charge in [-0.2, -0.15) is 10.4 Å². The zero-order valence-electron chi connectivity index (χ0n) is 17.1. The lowest BCUT2D eigenvalue weighted by Gasteiger charge is -2.16. The van der Waals surface area contributed by atoms with E-state index in [1.807, 2.05) is 36.4 Å². The molecule has 0 atom stereocenters. The number of rotatable bonds is 7. The summed E-state index contributed by atoms with van der Waals surface area (Å²) in [5, 5.41) is 16.7. The molecule has 4 rings (SSSR count). The Labute approximate surface area is 197 Å². The van der Waals surface area contributed by atoms with Crippen molar-refractivity contribution in [2.75, 3.05) is 25.5 Å². The second kappa shape index (κ2) is 9.43. The van der Waals surface area contributed by atoms with Gasteiger partial charge in [-0.3, -0.25) is 9.69 Å². The Hall–Kier alpha value is -3.00. The molecule has 0 spiro atoms. The third-order valence-corrected chi connectivity index (χ3v) is 5.58. The van der Waals surface area contributed by atoms with E-state index in [-0.39, 0.29) is 42.5 Å². The van der Waals surface area contributed by atoms with Crippen molar-refractivity contribution in [2.24, 2.45) is 11.0 Å². The molecule has 0 aromatic heterocycles. The van der Waals surface area contributed by atoms with Gasteiger partial charge in [-0.05, 0) is 36.0 Å². The van der Waals surface area contributed by atoms with Gasteiger partial charge in [-0.25, -0.2) is 10.3 Å². The van der Waals surface area contributed by atoms with Crippen LogP contribution in [0.1, 0.15) is 24.0 Å². The lowest BCUT2D eigenvalue weighted by Crippen LogP contribution is -2.29. The smallest absolute Gasteiger partial charge is 0.327 e. The van der Waals surface area contributed by atoms with Gasteiger partial charge in [0, 0.05) is 25.7 Å². The Bertz CT molecular complexity index is 1060. The van der Waals surface area contributed by atoms with Crippen LogP contribution >= 0.6 is 24.0 Å². The molecule has 2 aliphatic rings. The number of imide groups is 1. The molecule has 1 saturated carbocycles. The van der Waals surface area contributed by atoms with Crippen molar-refractivity contribution in [1.82, 2.24) is 9.80 Å². The van der Waals surface area contributed by atoms with E-state index in [0.717, 1.165) is 22.6 Å². The van der Waals surface area contributed by atoms with Gasteiger partial charge < -0.3 is 10.2 Å². The molecule has 160 valence electrons. The van der Waals surface area contributed by atoms with E-state index in [4.69, 9.17) is 5.53 Å². The first-order valence-corrected chi connectivity index (χ1v) is 9.85. The monoisotopic (exact) mass is 530 g/mol. The van der Waals surface area contributed by atoms with E-state index in [1.54, 1.807) is 0 Å². The molecule has 2 fully saturated rings. The van der Waals surface area contributed by atoms with Gasteiger partial charge in [0.1, 0.15) is 18.3 Å². The molecule has 0 radical (unpaired) electrons. The number of nitrogens with zero attached hydrogens (tertiary/aromatic N) is 4. The molecular weight excluding hydrogens is 507 g/mol. The second-order valence-corrected chi connectivity index (χ2v) is 7.72. The Balaban J connectivity index is 0.00000272. The molecular formula is C22H23IN6O2. The van der Waals surface area contributed by atoms with Crippen LogP contribution in [-0.2, 0) is 11.3 Å². The minimum Gasteiger partial charge on any atom is -0.383 e. The number of halogens is 1. The number of hydrogen-bond donors (Lipinski definition) is 2. The summed E-state index contributed by atoms with van der Waals surface area (Å²) in [6, 6.07) is 13.1. The van der Waals surface area contributed by atoms with E-state index >= 15 is 0 Å². The molecule has 1 heterocycles. The van der Waals surface area contributed by atoms with E-state index in [9.17, 15) is 14.9 Å². The molecule has 0 unspecified atom stereocenters.